The highest BCUT2D eigenvalue weighted by molar-refractivity contribution is 9.10. The van der Waals surface area contributed by atoms with E-state index in [4.69, 9.17) is 11.5 Å². The van der Waals surface area contributed by atoms with E-state index in [1.165, 1.54) is 0 Å². The average Bonchev–Trinajstić information content (AvgIpc) is 1.83. The van der Waals surface area contributed by atoms with E-state index in [1.807, 2.05) is 12.1 Å². The monoisotopic (exact) mass is 258 g/mol. The van der Waals surface area contributed by atoms with Crippen LogP contribution in [0.25, 0.3) is 0 Å². The van der Waals surface area contributed by atoms with Gasteiger partial charge >= 0.3 is 0 Å². The molecule has 0 amide bonds. The van der Waals surface area contributed by atoms with Gasteiger partial charge in [0, 0.05) is 4.47 Å². The maximum absolute atomic E-state index is 5.51. The Balaban J connectivity index is 0. The molecule has 0 aliphatic carbocycles. The molecule has 0 atom stereocenters. The van der Waals surface area contributed by atoms with Crippen LogP contribution in [0, 0.1) is 0 Å². The van der Waals surface area contributed by atoms with E-state index in [-0.39, 0.29) is 24.8 Å². The van der Waals surface area contributed by atoms with Crippen LogP contribution in [0.3, 0.4) is 0 Å². The summed E-state index contributed by atoms with van der Waals surface area (Å²) in [4.78, 5) is 0. The summed E-state index contributed by atoms with van der Waals surface area (Å²) >= 11 is 3.24. The average molecular weight is 260 g/mol. The Bertz CT molecular complexity index is 210. The number of para-hydroxylation sites is 1. The van der Waals surface area contributed by atoms with Gasteiger partial charge in [0.25, 0.3) is 0 Å². The lowest BCUT2D eigenvalue weighted by Gasteiger charge is -1.99. The first-order valence-electron chi connectivity index (χ1n) is 2.51. The molecule has 0 bridgehead atoms. The number of hydrogen-bond acceptors (Lipinski definition) is 2. The van der Waals surface area contributed by atoms with Gasteiger partial charge in [-0.25, -0.2) is 0 Å². The Morgan fingerprint density at radius 2 is 1.64 bits per heavy atom. The minimum absolute atomic E-state index is 0. The Morgan fingerprint density at radius 3 is 2.00 bits per heavy atom. The second kappa shape index (κ2) is 5.52. The fourth-order valence-corrected chi connectivity index (χ4v) is 0.935. The van der Waals surface area contributed by atoms with Crippen LogP contribution < -0.4 is 11.5 Å². The molecule has 64 valence electrons. The molecular weight excluding hydrogens is 251 g/mol. The van der Waals surface area contributed by atoms with E-state index in [0.29, 0.717) is 11.4 Å². The number of halogens is 3. The molecule has 0 fully saturated rings. The molecule has 0 heterocycles. The van der Waals surface area contributed by atoms with Gasteiger partial charge in [-0.15, -0.1) is 24.8 Å². The van der Waals surface area contributed by atoms with Crippen molar-refractivity contribution in [1.29, 1.82) is 0 Å². The van der Waals surface area contributed by atoms with Crippen molar-refractivity contribution in [2.24, 2.45) is 0 Å². The lowest BCUT2D eigenvalue weighted by Crippen LogP contribution is -1.93. The number of benzene rings is 1. The van der Waals surface area contributed by atoms with E-state index in [2.05, 4.69) is 15.9 Å². The van der Waals surface area contributed by atoms with Crippen molar-refractivity contribution in [3.05, 3.63) is 22.7 Å². The van der Waals surface area contributed by atoms with Gasteiger partial charge in [0.2, 0.25) is 0 Å². The SMILES string of the molecule is Cl.Cl.Nc1cccc(Br)c1N. The third kappa shape index (κ3) is 3.18. The first-order valence-corrected chi connectivity index (χ1v) is 3.30. The number of nitrogens with two attached hydrogens (primary N) is 2. The molecule has 11 heavy (non-hydrogen) atoms. The summed E-state index contributed by atoms with van der Waals surface area (Å²) in [7, 11) is 0. The number of anilines is 2. The van der Waals surface area contributed by atoms with E-state index in [1.54, 1.807) is 6.07 Å². The normalized spacial score (nSPS) is 7.73. The van der Waals surface area contributed by atoms with Gasteiger partial charge < -0.3 is 11.5 Å². The van der Waals surface area contributed by atoms with Gasteiger partial charge in [-0.05, 0) is 28.1 Å². The van der Waals surface area contributed by atoms with E-state index in [0.717, 1.165) is 4.47 Å². The smallest absolute Gasteiger partial charge is 0.0692 e. The number of nitrogen functional groups attached to an aromatic ring is 2. The van der Waals surface area contributed by atoms with E-state index in [9.17, 15) is 0 Å². The summed E-state index contributed by atoms with van der Waals surface area (Å²) < 4.78 is 0.850. The zero-order valence-electron chi connectivity index (χ0n) is 5.58. The van der Waals surface area contributed by atoms with Crippen LogP contribution in [0.1, 0.15) is 0 Å². The van der Waals surface area contributed by atoms with Crippen molar-refractivity contribution >= 4 is 52.1 Å². The Hall–Kier alpha value is -0.120. The summed E-state index contributed by atoms with van der Waals surface area (Å²) in [6, 6.07) is 5.46. The van der Waals surface area contributed by atoms with Crippen LogP contribution >= 0.6 is 40.7 Å². The van der Waals surface area contributed by atoms with Gasteiger partial charge in [-0.1, -0.05) is 6.07 Å². The van der Waals surface area contributed by atoms with Crippen LogP contribution in [0.15, 0.2) is 22.7 Å². The third-order valence-corrected chi connectivity index (χ3v) is 1.78. The zero-order valence-corrected chi connectivity index (χ0v) is 8.80. The minimum Gasteiger partial charge on any atom is -0.397 e. The lowest BCUT2D eigenvalue weighted by molar-refractivity contribution is 1.62. The molecular formula is C6H9BrCl2N2. The molecule has 0 spiro atoms. The van der Waals surface area contributed by atoms with Crippen LogP contribution in [0.2, 0.25) is 0 Å². The van der Waals surface area contributed by atoms with Crippen molar-refractivity contribution in [2.45, 2.75) is 0 Å². The first-order chi connectivity index (χ1) is 4.22. The molecule has 0 saturated carbocycles. The van der Waals surface area contributed by atoms with Crippen molar-refractivity contribution in [2.75, 3.05) is 11.5 Å². The highest BCUT2D eigenvalue weighted by Crippen LogP contribution is 2.23. The van der Waals surface area contributed by atoms with Crippen molar-refractivity contribution < 1.29 is 0 Å². The molecule has 5 heteroatoms. The molecule has 0 unspecified atom stereocenters. The first kappa shape index (κ1) is 13.5. The van der Waals surface area contributed by atoms with Gasteiger partial charge in [-0.2, -0.15) is 0 Å². The summed E-state index contributed by atoms with van der Waals surface area (Å²) in [6.45, 7) is 0. The quantitative estimate of drug-likeness (QED) is 0.704. The molecule has 0 saturated heterocycles. The number of hydrogen-bond donors (Lipinski definition) is 2. The predicted molar refractivity (Wildman–Crippen MR) is 57.5 cm³/mol. The summed E-state index contributed by atoms with van der Waals surface area (Å²) in [5.41, 5.74) is 12.2. The molecule has 2 nitrogen and oxygen atoms in total. The standard InChI is InChI=1S/C6H7BrN2.2ClH/c7-4-2-1-3-5(8)6(4)9;;/h1-3H,8-9H2;2*1H. The van der Waals surface area contributed by atoms with Crippen LogP contribution in [-0.4, -0.2) is 0 Å². The van der Waals surface area contributed by atoms with Gasteiger partial charge in [-0.3, -0.25) is 0 Å². The minimum atomic E-state index is 0. The largest absolute Gasteiger partial charge is 0.397 e. The second-order valence-electron chi connectivity index (χ2n) is 1.74. The highest BCUT2D eigenvalue weighted by Gasteiger charge is 1.95. The zero-order chi connectivity index (χ0) is 6.85. The molecule has 0 radical (unpaired) electrons. The Kier molecular flexibility index (Phi) is 6.76. The lowest BCUT2D eigenvalue weighted by atomic mass is 10.3. The Labute approximate surface area is 86.3 Å². The summed E-state index contributed by atoms with van der Waals surface area (Å²) in [5.74, 6) is 0. The second-order valence-corrected chi connectivity index (χ2v) is 2.60. The summed E-state index contributed by atoms with van der Waals surface area (Å²) in [5, 5.41) is 0. The predicted octanol–water partition coefficient (Wildman–Crippen LogP) is 2.46. The van der Waals surface area contributed by atoms with Gasteiger partial charge in [0.1, 0.15) is 0 Å². The molecule has 4 N–H and O–H groups in total. The van der Waals surface area contributed by atoms with Gasteiger partial charge in [0.05, 0.1) is 11.4 Å². The molecule has 0 aromatic heterocycles. The van der Waals surface area contributed by atoms with Crippen LogP contribution in [0.5, 0.6) is 0 Å². The molecule has 0 aliphatic rings. The molecule has 1 rings (SSSR count). The van der Waals surface area contributed by atoms with Crippen LogP contribution in [-0.2, 0) is 0 Å². The molecule has 0 aliphatic heterocycles. The van der Waals surface area contributed by atoms with Gasteiger partial charge in [0.15, 0.2) is 0 Å². The number of rotatable bonds is 0. The fourth-order valence-electron chi connectivity index (χ4n) is 0.554. The third-order valence-electron chi connectivity index (χ3n) is 1.09. The maximum atomic E-state index is 5.51. The molecule has 1 aromatic carbocycles. The van der Waals surface area contributed by atoms with Crippen molar-refractivity contribution in [3.8, 4) is 0 Å². The van der Waals surface area contributed by atoms with Crippen molar-refractivity contribution in [3.63, 3.8) is 0 Å². The van der Waals surface area contributed by atoms with Crippen molar-refractivity contribution in [1.82, 2.24) is 0 Å². The van der Waals surface area contributed by atoms with E-state index < -0.39 is 0 Å². The maximum Gasteiger partial charge on any atom is 0.0692 e. The fraction of sp³-hybridized carbons (Fsp3) is 0. The van der Waals surface area contributed by atoms with Crippen LogP contribution in [0.4, 0.5) is 11.4 Å². The Morgan fingerprint density at radius 1 is 1.09 bits per heavy atom. The molecule has 1 aromatic rings. The van der Waals surface area contributed by atoms with E-state index >= 15 is 0 Å². The topological polar surface area (TPSA) is 52.0 Å². The highest BCUT2D eigenvalue weighted by atomic mass is 79.9. The summed E-state index contributed by atoms with van der Waals surface area (Å²) in [6.07, 6.45) is 0.